The standard InChI is InChI=1S/C21H26N4O6/c22-10-3-1-2-4-11-23-17(27)12-31-15-7-5-6-13-18(15)21(30)25(20(13)29)14-8-9-16(26)24-19(14)28/h5-7,14H,1-4,8-12,22H2,(H,23,27)(H,24,26,28). The number of benzene rings is 1. The zero-order valence-corrected chi connectivity index (χ0v) is 17.1. The van der Waals surface area contributed by atoms with E-state index in [0.717, 1.165) is 30.6 Å². The minimum atomic E-state index is -1.06. The van der Waals surface area contributed by atoms with Crippen molar-refractivity contribution in [2.45, 2.75) is 44.6 Å². The molecule has 2 heterocycles. The lowest BCUT2D eigenvalue weighted by Gasteiger charge is -2.27. The number of carbonyl (C=O) groups is 5. The van der Waals surface area contributed by atoms with Gasteiger partial charge in [-0.3, -0.25) is 34.2 Å². The normalized spacial score (nSPS) is 18.1. The molecule has 1 unspecified atom stereocenters. The first-order valence-corrected chi connectivity index (χ1v) is 10.4. The van der Waals surface area contributed by atoms with Gasteiger partial charge in [-0.2, -0.15) is 0 Å². The van der Waals surface area contributed by atoms with E-state index in [1.807, 2.05) is 0 Å². The molecule has 0 bridgehead atoms. The summed E-state index contributed by atoms with van der Waals surface area (Å²) >= 11 is 0. The molecule has 0 radical (unpaired) electrons. The van der Waals surface area contributed by atoms with Crippen molar-refractivity contribution in [3.8, 4) is 5.75 Å². The predicted octanol–water partition coefficient (Wildman–Crippen LogP) is 0.102. The van der Waals surface area contributed by atoms with Crippen LogP contribution in [0.2, 0.25) is 0 Å². The van der Waals surface area contributed by atoms with Gasteiger partial charge in [-0.25, -0.2) is 0 Å². The molecule has 5 amide bonds. The summed E-state index contributed by atoms with van der Waals surface area (Å²) in [6.07, 6.45) is 3.88. The minimum Gasteiger partial charge on any atom is -0.483 e. The lowest BCUT2D eigenvalue weighted by atomic mass is 10.0. The van der Waals surface area contributed by atoms with E-state index in [1.165, 1.54) is 12.1 Å². The fourth-order valence-corrected chi connectivity index (χ4v) is 3.65. The summed E-state index contributed by atoms with van der Waals surface area (Å²) in [6.45, 7) is 0.864. The van der Waals surface area contributed by atoms with E-state index < -0.39 is 29.7 Å². The molecule has 1 aromatic rings. The summed E-state index contributed by atoms with van der Waals surface area (Å²) in [5.41, 5.74) is 5.56. The van der Waals surface area contributed by atoms with Gasteiger partial charge in [0.05, 0.1) is 11.1 Å². The van der Waals surface area contributed by atoms with Crippen molar-refractivity contribution in [3.05, 3.63) is 29.3 Å². The minimum absolute atomic E-state index is 0.0202. The number of hydrogen-bond donors (Lipinski definition) is 3. The van der Waals surface area contributed by atoms with E-state index in [4.69, 9.17) is 10.5 Å². The molecule has 4 N–H and O–H groups in total. The first kappa shape index (κ1) is 22.4. The molecule has 166 valence electrons. The lowest BCUT2D eigenvalue weighted by Crippen LogP contribution is -2.54. The average Bonchev–Trinajstić information content (AvgIpc) is 3.00. The molecule has 1 saturated heterocycles. The van der Waals surface area contributed by atoms with E-state index in [-0.39, 0.29) is 42.2 Å². The number of nitrogens with zero attached hydrogens (tertiary/aromatic N) is 1. The maximum absolute atomic E-state index is 12.9. The van der Waals surface area contributed by atoms with E-state index in [0.29, 0.717) is 13.1 Å². The van der Waals surface area contributed by atoms with Gasteiger partial charge in [-0.15, -0.1) is 0 Å². The molecular weight excluding hydrogens is 404 g/mol. The topological polar surface area (TPSA) is 148 Å². The molecule has 0 aromatic heterocycles. The van der Waals surface area contributed by atoms with Crippen molar-refractivity contribution in [3.63, 3.8) is 0 Å². The zero-order chi connectivity index (χ0) is 22.4. The van der Waals surface area contributed by atoms with Gasteiger partial charge in [-0.05, 0) is 37.9 Å². The highest BCUT2D eigenvalue weighted by molar-refractivity contribution is 6.24. The van der Waals surface area contributed by atoms with Crippen LogP contribution < -0.4 is 21.1 Å². The molecule has 31 heavy (non-hydrogen) atoms. The van der Waals surface area contributed by atoms with Crippen LogP contribution in [0.3, 0.4) is 0 Å². The van der Waals surface area contributed by atoms with Crippen LogP contribution >= 0.6 is 0 Å². The Labute approximate surface area is 179 Å². The van der Waals surface area contributed by atoms with Crippen LogP contribution in [-0.4, -0.2) is 60.2 Å². The Morgan fingerprint density at radius 2 is 1.90 bits per heavy atom. The van der Waals surface area contributed by atoms with E-state index >= 15 is 0 Å². The Kier molecular flexibility index (Phi) is 7.35. The Bertz CT molecular complexity index is 900. The first-order valence-electron chi connectivity index (χ1n) is 10.4. The summed E-state index contributed by atoms with van der Waals surface area (Å²) in [5, 5.41) is 4.90. The number of hydrogen-bond acceptors (Lipinski definition) is 7. The summed E-state index contributed by atoms with van der Waals surface area (Å²) in [5.74, 6) is -2.66. The summed E-state index contributed by atoms with van der Waals surface area (Å²) in [4.78, 5) is 62.1. The quantitative estimate of drug-likeness (QED) is 0.352. The zero-order valence-electron chi connectivity index (χ0n) is 17.1. The van der Waals surface area contributed by atoms with Crippen LogP contribution in [0.4, 0.5) is 0 Å². The Hall–Kier alpha value is -3.27. The number of amides is 5. The number of imide groups is 2. The summed E-state index contributed by atoms with van der Waals surface area (Å²) in [6, 6.07) is 3.46. The smallest absolute Gasteiger partial charge is 0.266 e. The maximum Gasteiger partial charge on any atom is 0.266 e. The van der Waals surface area contributed by atoms with Crippen LogP contribution in [-0.2, 0) is 14.4 Å². The number of ether oxygens (including phenoxy) is 1. The van der Waals surface area contributed by atoms with Crippen molar-refractivity contribution in [2.24, 2.45) is 5.73 Å². The van der Waals surface area contributed by atoms with Crippen LogP contribution in [0.5, 0.6) is 5.75 Å². The van der Waals surface area contributed by atoms with Crippen molar-refractivity contribution >= 4 is 29.5 Å². The number of rotatable bonds is 10. The Morgan fingerprint density at radius 3 is 2.65 bits per heavy atom. The molecule has 0 aliphatic carbocycles. The predicted molar refractivity (Wildman–Crippen MR) is 109 cm³/mol. The number of unbranched alkanes of at least 4 members (excludes halogenated alkanes) is 3. The fourth-order valence-electron chi connectivity index (χ4n) is 3.65. The van der Waals surface area contributed by atoms with Gasteiger partial charge in [0, 0.05) is 13.0 Å². The molecule has 1 fully saturated rings. The van der Waals surface area contributed by atoms with Crippen LogP contribution in [0.15, 0.2) is 18.2 Å². The SMILES string of the molecule is NCCCCCCNC(=O)COc1cccc2c1C(=O)N(C1CCC(=O)NC1=O)C2=O. The fraction of sp³-hybridized carbons (Fsp3) is 0.476. The average molecular weight is 430 g/mol. The summed E-state index contributed by atoms with van der Waals surface area (Å²) in [7, 11) is 0. The van der Waals surface area contributed by atoms with Gasteiger partial charge in [0.1, 0.15) is 11.8 Å². The molecule has 3 rings (SSSR count). The molecule has 0 saturated carbocycles. The number of carbonyl (C=O) groups excluding carboxylic acids is 5. The van der Waals surface area contributed by atoms with Crippen molar-refractivity contribution in [1.82, 2.24) is 15.5 Å². The molecule has 10 nitrogen and oxygen atoms in total. The third-order valence-electron chi connectivity index (χ3n) is 5.24. The van der Waals surface area contributed by atoms with Gasteiger partial charge in [0.15, 0.2) is 6.61 Å². The first-order chi connectivity index (χ1) is 14.9. The lowest BCUT2D eigenvalue weighted by molar-refractivity contribution is -0.136. The summed E-state index contributed by atoms with van der Waals surface area (Å²) < 4.78 is 5.52. The third-order valence-corrected chi connectivity index (χ3v) is 5.24. The van der Waals surface area contributed by atoms with Gasteiger partial charge in [-0.1, -0.05) is 18.9 Å². The second kappa shape index (κ2) is 10.2. The second-order valence-electron chi connectivity index (χ2n) is 7.47. The molecule has 2 aliphatic rings. The van der Waals surface area contributed by atoms with Crippen LogP contribution in [0.25, 0.3) is 0 Å². The molecule has 1 aromatic carbocycles. The maximum atomic E-state index is 12.9. The van der Waals surface area contributed by atoms with Crippen LogP contribution in [0, 0.1) is 0 Å². The number of nitrogens with two attached hydrogens (primary N) is 1. The molecule has 10 heteroatoms. The van der Waals surface area contributed by atoms with Crippen LogP contribution in [0.1, 0.15) is 59.2 Å². The van der Waals surface area contributed by atoms with Crippen molar-refractivity contribution in [2.75, 3.05) is 19.7 Å². The van der Waals surface area contributed by atoms with Gasteiger partial charge < -0.3 is 15.8 Å². The molecular formula is C21H26N4O6. The highest BCUT2D eigenvalue weighted by Gasteiger charge is 2.46. The second-order valence-corrected chi connectivity index (χ2v) is 7.47. The molecule has 2 aliphatic heterocycles. The largest absolute Gasteiger partial charge is 0.483 e. The monoisotopic (exact) mass is 430 g/mol. The van der Waals surface area contributed by atoms with E-state index in [2.05, 4.69) is 10.6 Å². The third kappa shape index (κ3) is 5.08. The number of nitrogens with one attached hydrogen (secondary N) is 2. The van der Waals surface area contributed by atoms with Crippen molar-refractivity contribution in [1.29, 1.82) is 0 Å². The molecule has 0 spiro atoms. The van der Waals surface area contributed by atoms with Crippen molar-refractivity contribution < 1.29 is 28.7 Å². The Morgan fingerprint density at radius 1 is 1.13 bits per heavy atom. The van der Waals surface area contributed by atoms with Gasteiger partial charge in [0.25, 0.3) is 17.7 Å². The van der Waals surface area contributed by atoms with Gasteiger partial charge >= 0.3 is 0 Å². The van der Waals surface area contributed by atoms with E-state index in [9.17, 15) is 24.0 Å². The highest BCUT2D eigenvalue weighted by Crippen LogP contribution is 2.33. The number of piperidine rings is 1. The Balaban J connectivity index is 1.61. The van der Waals surface area contributed by atoms with Gasteiger partial charge in [0.2, 0.25) is 11.8 Å². The molecule has 1 atom stereocenters. The number of fused-ring (bicyclic) bond motifs is 1. The highest BCUT2D eigenvalue weighted by atomic mass is 16.5. The van der Waals surface area contributed by atoms with E-state index in [1.54, 1.807) is 6.07 Å².